The van der Waals surface area contributed by atoms with Gasteiger partial charge in [-0.2, -0.15) is 5.10 Å². The number of carbonyl (C=O) groups is 1. The molecule has 4 nitrogen and oxygen atoms in total. The van der Waals surface area contributed by atoms with Crippen LogP contribution in [0.25, 0.3) is 0 Å². The summed E-state index contributed by atoms with van der Waals surface area (Å²) in [5, 5.41) is 11.3. The molecule has 0 fully saturated rings. The summed E-state index contributed by atoms with van der Waals surface area (Å²) in [6.07, 6.45) is 3.97. The van der Waals surface area contributed by atoms with Crippen LogP contribution in [-0.2, 0) is 6.42 Å². The van der Waals surface area contributed by atoms with Gasteiger partial charge in [-0.3, -0.25) is 9.89 Å². The molecular formula is C11H13N3OS. The largest absolute Gasteiger partial charge is 0.349 e. The van der Waals surface area contributed by atoms with Gasteiger partial charge in [0.25, 0.3) is 5.91 Å². The normalized spacial score (nSPS) is 12.3. The molecule has 1 unspecified atom stereocenters. The lowest BCUT2D eigenvalue weighted by Crippen LogP contribution is -2.33. The van der Waals surface area contributed by atoms with Crippen molar-refractivity contribution >= 4 is 17.2 Å². The maximum atomic E-state index is 11.7. The van der Waals surface area contributed by atoms with Gasteiger partial charge in [-0.05, 0) is 18.4 Å². The average molecular weight is 235 g/mol. The third-order valence-corrected chi connectivity index (χ3v) is 3.12. The highest BCUT2D eigenvalue weighted by Gasteiger charge is 2.11. The molecule has 0 aromatic carbocycles. The second-order valence-electron chi connectivity index (χ2n) is 3.64. The molecule has 1 amide bonds. The molecule has 0 bridgehead atoms. The monoisotopic (exact) mass is 235 g/mol. The molecule has 16 heavy (non-hydrogen) atoms. The molecule has 0 saturated carbocycles. The zero-order valence-corrected chi connectivity index (χ0v) is 9.75. The minimum absolute atomic E-state index is 0.0854. The summed E-state index contributed by atoms with van der Waals surface area (Å²) < 4.78 is 0. The zero-order valence-electron chi connectivity index (χ0n) is 8.93. The number of aromatic amines is 1. The Morgan fingerprint density at radius 2 is 2.56 bits per heavy atom. The average Bonchev–Trinajstić information content (AvgIpc) is 2.88. The SMILES string of the molecule is CC(Cc1cccs1)NC(=O)c1cn[nH]c1. The summed E-state index contributed by atoms with van der Waals surface area (Å²) in [6, 6.07) is 4.22. The van der Waals surface area contributed by atoms with E-state index >= 15 is 0 Å². The first-order valence-electron chi connectivity index (χ1n) is 5.07. The van der Waals surface area contributed by atoms with Crippen LogP contribution in [0.15, 0.2) is 29.9 Å². The second-order valence-corrected chi connectivity index (χ2v) is 4.68. The number of nitrogens with zero attached hydrogens (tertiary/aromatic N) is 1. The molecule has 0 aliphatic carbocycles. The lowest BCUT2D eigenvalue weighted by Gasteiger charge is -2.11. The molecule has 0 spiro atoms. The quantitative estimate of drug-likeness (QED) is 0.849. The highest BCUT2D eigenvalue weighted by Crippen LogP contribution is 2.11. The first-order valence-corrected chi connectivity index (χ1v) is 5.95. The van der Waals surface area contributed by atoms with E-state index in [4.69, 9.17) is 0 Å². The van der Waals surface area contributed by atoms with E-state index in [-0.39, 0.29) is 11.9 Å². The van der Waals surface area contributed by atoms with E-state index in [1.807, 2.05) is 18.4 Å². The lowest BCUT2D eigenvalue weighted by molar-refractivity contribution is 0.0940. The highest BCUT2D eigenvalue weighted by atomic mass is 32.1. The Kier molecular flexibility index (Phi) is 3.36. The summed E-state index contributed by atoms with van der Waals surface area (Å²) in [4.78, 5) is 13.0. The predicted molar refractivity (Wildman–Crippen MR) is 63.5 cm³/mol. The van der Waals surface area contributed by atoms with Crippen molar-refractivity contribution in [3.05, 3.63) is 40.3 Å². The van der Waals surface area contributed by atoms with Crippen LogP contribution in [0.2, 0.25) is 0 Å². The Morgan fingerprint density at radius 3 is 3.19 bits per heavy atom. The Balaban J connectivity index is 1.88. The van der Waals surface area contributed by atoms with Gasteiger partial charge in [-0.15, -0.1) is 11.3 Å². The number of thiophene rings is 1. The van der Waals surface area contributed by atoms with Crippen LogP contribution in [0.3, 0.4) is 0 Å². The third-order valence-electron chi connectivity index (χ3n) is 2.23. The van der Waals surface area contributed by atoms with Crippen LogP contribution in [0.5, 0.6) is 0 Å². The fourth-order valence-corrected chi connectivity index (χ4v) is 2.30. The molecule has 84 valence electrons. The van der Waals surface area contributed by atoms with Crippen molar-refractivity contribution < 1.29 is 4.79 Å². The first kappa shape index (κ1) is 10.9. The second kappa shape index (κ2) is 4.94. The number of hydrogen-bond acceptors (Lipinski definition) is 3. The van der Waals surface area contributed by atoms with E-state index in [1.54, 1.807) is 17.5 Å². The Morgan fingerprint density at radius 1 is 1.69 bits per heavy atom. The number of H-pyrrole nitrogens is 1. The van der Waals surface area contributed by atoms with E-state index in [2.05, 4.69) is 21.6 Å². The molecule has 0 aliphatic rings. The van der Waals surface area contributed by atoms with Gasteiger partial charge in [0.1, 0.15) is 0 Å². The highest BCUT2D eigenvalue weighted by molar-refractivity contribution is 7.09. The van der Waals surface area contributed by atoms with Crippen molar-refractivity contribution in [1.82, 2.24) is 15.5 Å². The predicted octanol–water partition coefficient (Wildman–Crippen LogP) is 1.83. The van der Waals surface area contributed by atoms with Crippen LogP contribution in [0, 0.1) is 0 Å². The molecule has 2 N–H and O–H groups in total. The van der Waals surface area contributed by atoms with Crippen molar-refractivity contribution in [2.45, 2.75) is 19.4 Å². The number of carbonyl (C=O) groups excluding carboxylic acids is 1. The number of hydrogen-bond donors (Lipinski definition) is 2. The molecule has 0 aliphatic heterocycles. The van der Waals surface area contributed by atoms with Crippen molar-refractivity contribution in [1.29, 1.82) is 0 Å². The molecule has 2 heterocycles. The molecule has 2 aromatic rings. The minimum atomic E-state index is -0.0854. The van der Waals surface area contributed by atoms with Crippen LogP contribution < -0.4 is 5.32 Å². The molecule has 5 heteroatoms. The van der Waals surface area contributed by atoms with E-state index in [9.17, 15) is 4.79 Å². The number of nitrogens with one attached hydrogen (secondary N) is 2. The fourth-order valence-electron chi connectivity index (χ4n) is 1.46. The number of aromatic nitrogens is 2. The van der Waals surface area contributed by atoms with Crippen LogP contribution in [0.1, 0.15) is 22.2 Å². The van der Waals surface area contributed by atoms with E-state index in [1.165, 1.54) is 11.1 Å². The van der Waals surface area contributed by atoms with Gasteiger partial charge < -0.3 is 5.32 Å². The Labute approximate surface area is 97.7 Å². The zero-order chi connectivity index (χ0) is 11.4. The van der Waals surface area contributed by atoms with Gasteiger partial charge in [-0.1, -0.05) is 6.07 Å². The third kappa shape index (κ3) is 2.70. The lowest BCUT2D eigenvalue weighted by atomic mass is 10.2. The van der Waals surface area contributed by atoms with Gasteiger partial charge in [0.05, 0.1) is 11.8 Å². The smallest absolute Gasteiger partial charge is 0.254 e. The summed E-state index contributed by atoms with van der Waals surface area (Å²) in [6.45, 7) is 2.00. The van der Waals surface area contributed by atoms with E-state index in [0.717, 1.165) is 6.42 Å². The number of amides is 1. The van der Waals surface area contributed by atoms with Crippen LogP contribution in [0.4, 0.5) is 0 Å². The molecule has 0 saturated heterocycles. The first-order chi connectivity index (χ1) is 7.75. The molecule has 1 atom stereocenters. The van der Waals surface area contributed by atoms with Crippen LogP contribution in [-0.4, -0.2) is 22.1 Å². The summed E-state index contributed by atoms with van der Waals surface area (Å²) in [7, 11) is 0. The maximum absolute atomic E-state index is 11.7. The van der Waals surface area contributed by atoms with Gasteiger partial charge in [-0.25, -0.2) is 0 Å². The minimum Gasteiger partial charge on any atom is -0.349 e. The standard InChI is InChI=1S/C11H13N3OS/c1-8(5-10-3-2-4-16-10)14-11(15)9-6-12-13-7-9/h2-4,6-8H,5H2,1H3,(H,12,13)(H,14,15). The Bertz CT molecular complexity index is 436. The molecule has 0 radical (unpaired) electrons. The maximum Gasteiger partial charge on any atom is 0.254 e. The van der Waals surface area contributed by atoms with Crippen molar-refractivity contribution in [2.24, 2.45) is 0 Å². The molecule has 2 aromatic heterocycles. The van der Waals surface area contributed by atoms with Gasteiger partial charge in [0, 0.05) is 23.5 Å². The molecular weight excluding hydrogens is 222 g/mol. The fraction of sp³-hybridized carbons (Fsp3) is 0.273. The summed E-state index contributed by atoms with van der Waals surface area (Å²) >= 11 is 1.71. The Hall–Kier alpha value is -1.62. The number of rotatable bonds is 4. The van der Waals surface area contributed by atoms with Gasteiger partial charge in [0.15, 0.2) is 0 Å². The van der Waals surface area contributed by atoms with E-state index < -0.39 is 0 Å². The molecule has 2 rings (SSSR count). The van der Waals surface area contributed by atoms with Gasteiger partial charge >= 0.3 is 0 Å². The van der Waals surface area contributed by atoms with Crippen molar-refractivity contribution in [3.63, 3.8) is 0 Å². The van der Waals surface area contributed by atoms with Gasteiger partial charge in [0.2, 0.25) is 0 Å². The van der Waals surface area contributed by atoms with Crippen molar-refractivity contribution in [3.8, 4) is 0 Å². The van der Waals surface area contributed by atoms with E-state index in [0.29, 0.717) is 5.56 Å². The summed E-state index contributed by atoms with van der Waals surface area (Å²) in [5.41, 5.74) is 0.568. The van der Waals surface area contributed by atoms with Crippen molar-refractivity contribution in [2.75, 3.05) is 0 Å². The topological polar surface area (TPSA) is 57.8 Å². The summed E-state index contributed by atoms with van der Waals surface area (Å²) in [5.74, 6) is -0.0854. The van der Waals surface area contributed by atoms with Crippen LogP contribution >= 0.6 is 11.3 Å².